The van der Waals surface area contributed by atoms with E-state index in [2.05, 4.69) is 12.0 Å². The van der Waals surface area contributed by atoms with Crippen molar-refractivity contribution < 1.29 is 13.2 Å². The van der Waals surface area contributed by atoms with E-state index < -0.39 is 10.0 Å². The van der Waals surface area contributed by atoms with Gasteiger partial charge in [-0.05, 0) is 57.6 Å². The van der Waals surface area contributed by atoms with Crippen LogP contribution in [0.3, 0.4) is 0 Å². The molecule has 0 unspecified atom stereocenters. The Kier molecular flexibility index (Phi) is 6.21. The molecule has 2 aliphatic rings. The van der Waals surface area contributed by atoms with Gasteiger partial charge in [-0.15, -0.1) is 0 Å². The van der Waals surface area contributed by atoms with Crippen molar-refractivity contribution in [3.05, 3.63) is 41.7 Å². The molecule has 1 amide bonds. The Morgan fingerprint density at radius 3 is 2.19 bits per heavy atom. The zero-order valence-electron chi connectivity index (χ0n) is 18.6. The molecule has 0 aliphatic carbocycles. The third-order valence-electron chi connectivity index (χ3n) is 6.72. The molecule has 168 valence electrons. The first kappa shape index (κ1) is 22.0. The number of nitrogens with zero attached hydrogens (tertiary/aromatic N) is 4. The first-order valence-corrected chi connectivity index (χ1v) is 12.6. The van der Waals surface area contributed by atoms with Crippen LogP contribution in [0.1, 0.15) is 44.0 Å². The fraction of sp³-hybridized carbons (Fsp3) is 0.565. The minimum atomic E-state index is -3.67. The van der Waals surface area contributed by atoms with Crippen molar-refractivity contribution in [3.8, 4) is 5.69 Å². The monoisotopic (exact) mass is 444 g/mol. The number of hydrogen-bond acceptors (Lipinski definition) is 4. The van der Waals surface area contributed by atoms with E-state index in [0.717, 1.165) is 31.6 Å². The molecular formula is C23H32N4O3S. The van der Waals surface area contributed by atoms with Crippen molar-refractivity contribution in [2.75, 3.05) is 26.2 Å². The van der Waals surface area contributed by atoms with E-state index in [1.54, 1.807) is 18.5 Å². The average molecular weight is 445 g/mol. The quantitative estimate of drug-likeness (QED) is 0.726. The van der Waals surface area contributed by atoms with E-state index in [-0.39, 0.29) is 16.7 Å². The molecule has 2 aromatic rings. The Hall–Kier alpha value is -2.19. The predicted molar refractivity (Wildman–Crippen MR) is 119 cm³/mol. The number of carbonyl (C=O) groups excluding carboxylic acids is 1. The van der Waals surface area contributed by atoms with Crippen molar-refractivity contribution in [1.82, 2.24) is 19.0 Å². The second-order valence-electron chi connectivity index (χ2n) is 8.93. The molecule has 1 aromatic heterocycles. The maximum Gasteiger partial charge on any atom is 0.246 e. The second-order valence-corrected chi connectivity index (χ2v) is 10.8. The summed E-state index contributed by atoms with van der Waals surface area (Å²) in [5.41, 5.74) is 1.95. The summed E-state index contributed by atoms with van der Waals surface area (Å²) in [4.78, 5) is 15.2. The van der Waals surface area contributed by atoms with Gasteiger partial charge in [-0.1, -0.05) is 25.1 Å². The summed E-state index contributed by atoms with van der Waals surface area (Å²) in [5.74, 6) is 0.807. The molecule has 2 fully saturated rings. The first-order valence-electron chi connectivity index (χ1n) is 11.2. The Balaban J connectivity index is 1.47. The molecule has 7 nitrogen and oxygen atoms in total. The summed E-state index contributed by atoms with van der Waals surface area (Å²) in [7, 11) is -3.67. The molecule has 0 radical (unpaired) electrons. The lowest BCUT2D eigenvalue weighted by Gasteiger charge is -2.36. The van der Waals surface area contributed by atoms with Crippen molar-refractivity contribution in [2.45, 2.75) is 51.3 Å². The van der Waals surface area contributed by atoms with Gasteiger partial charge in [0.1, 0.15) is 4.90 Å². The van der Waals surface area contributed by atoms with Gasteiger partial charge < -0.3 is 4.90 Å². The zero-order valence-corrected chi connectivity index (χ0v) is 19.4. The van der Waals surface area contributed by atoms with Crippen LogP contribution in [0.4, 0.5) is 0 Å². The lowest BCUT2D eigenvalue weighted by atomic mass is 9.93. The topological polar surface area (TPSA) is 75.5 Å². The van der Waals surface area contributed by atoms with E-state index in [1.165, 1.54) is 4.31 Å². The van der Waals surface area contributed by atoms with Crippen molar-refractivity contribution >= 4 is 15.9 Å². The van der Waals surface area contributed by atoms with Crippen LogP contribution in [0.25, 0.3) is 5.69 Å². The summed E-state index contributed by atoms with van der Waals surface area (Å²) < 4.78 is 30.1. The molecular weight excluding hydrogens is 412 g/mol. The molecule has 2 aliphatic heterocycles. The molecule has 0 saturated carbocycles. The number of hydrogen-bond donors (Lipinski definition) is 0. The van der Waals surface area contributed by atoms with Gasteiger partial charge >= 0.3 is 0 Å². The number of para-hydroxylation sites is 1. The van der Waals surface area contributed by atoms with Gasteiger partial charge in [-0.2, -0.15) is 9.40 Å². The van der Waals surface area contributed by atoms with E-state index in [1.807, 2.05) is 35.2 Å². The molecule has 8 heteroatoms. The largest absolute Gasteiger partial charge is 0.342 e. The summed E-state index contributed by atoms with van der Waals surface area (Å²) in [6, 6.07) is 9.56. The van der Waals surface area contributed by atoms with E-state index >= 15 is 0 Å². The maximum atomic E-state index is 13.5. The Morgan fingerprint density at radius 2 is 1.58 bits per heavy atom. The van der Waals surface area contributed by atoms with E-state index in [4.69, 9.17) is 0 Å². The lowest BCUT2D eigenvalue weighted by Crippen LogP contribution is -2.46. The summed E-state index contributed by atoms with van der Waals surface area (Å²) in [5, 5.41) is 4.50. The number of likely N-dealkylation sites (tertiary alicyclic amines) is 1. The highest BCUT2D eigenvalue weighted by Gasteiger charge is 2.37. The van der Waals surface area contributed by atoms with Gasteiger partial charge in [0.25, 0.3) is 0 Å². The number of aryl methyl sites for hydroxylation is 1. The van der Waals surface area contributed by atoms with Crippen LogP contribution < -0.4 is 0 Å². The van der Waals surface area contributed by atoms with Crippen LogP contribution in [0.5, 0.6) is 0 Å². The van der Waals surface area contributed by atoms with Crippen molar-refractivity contribution in [3.63, 3.8) is 0 Å². The minimum Gasteiger partial charge on any atom is -0.342 e. The highest BCUT2D eigenvalue weighted by molar-refractivity contribution is 7.89. The number of carbonyl (C=O) groups is 1. The van der Waals surface area contributed by atoms with Gasteiger partial charge in [0.05, 0.1) is 17.1 Å². The SMILES string of the molecule is Cc1nn(-c2ccccc2)c(C)c1S(=O)(=O)N1CCC(C(=O)N2CCC(C)CC2)CC1. The average Bonchev–Trinajstić information content (AvgIpc) is 3.09. The number of amides is 1. The molecule has 0 bridgehead atoms. The van der Waals surface area contributed by atoms with Gasteiger partial charge in [0.2, 0.25) is 15.9 Å². The fourth-order valence-electron chi connectivity index (χ4n) is 4.78. The van der Waals surface area contributed by atoms with Crippen LogP contribution in [0.15, 0.2) is 35.2 Å². The van der Waals surface area contributed by atoms with E-state index in [0.29, 0.717) is 43.2 Å². The number of aromatic nitrogens is 2. The molecule has 2 saturated heterocycles. The maximum absolute atomic E-state index is 13.5. The predicted octanol–water partition coefficient (Wildman–Crippen LogP) is 3.15. The summed E-state index contributed by atoms with van der Waals surface area (Å²) in [6.45, 7) is 8.18. The molecule has 4 rings (SSSR count). The van der Waals surface area contributed by atoms with Gasteiger partial charge in [0.15, 0.2) is 0 Å². The molecule has 0 atom stereocenters. The fourth-order valence-corrected chi connectivity index (χ4v) is 6.61. The molecule has 1 aromatic carbocycles. The van der Waals surface area contributed by atoms with Gasteiger partial charge in [-0.3, -0.25) is 4.79 Å². The van der Waals surface area contributed by atoms with Gasteiger partial charge in [-0.25, -0.2) is 13.1 Å². The minimum absolute atomic E-state index is 0.0749. The van der Waals surface area contributed by atoms with Crippen molar-refractivity contribution in [2.24, 2.45) is 11.8 Å². The Bertz CT molecular complexity index is 1030. The highest BCUT2D eigenvalue weighted by Crippen LogP contribution is 2.30. The third-order valence-corrected chi connectivity index (χ3v) is 8.87. The molecule has 0 N–H and O–H groups in total. The number of rotatable bonds is 4. The first-order chi connectivity index (χ1) is 14.8. The van der Waals surface area contributed by atoms with Crippen LogP contribution in [-0.4, -0.2) is 59.5 Å². The van der Waals surface area contributed by atoms with Crippen LogP contribution in [0, 0.1) is 25.7 Å². The van der Waals surface area contributed by atoms with Crippen LogP contribution >= 0.6 is 0 Å². The number of benzene rings is 1. The zero-order chi connectivity index (χ0) is 22.2. The Labute approximate surface area is 185 Å². The summed E-state index contributed by atoms with van der Waals surface area (Å²) in [6.07, 6.45) is 3.27. The third kappa shape index (κ3) is 4.28. The highest BCUT2D eigenvalue weighted by atomic mass is 32.2. The normalized spacial score (nSPS) is 19.6. The molecule has 3 heterocycles. The number of sulfonamides is 1. The second kappa shape index (κ2) is 8.74. The summed E-state index contributed by atoms with van der Waals surface area (Å²) >= 11 is 0. The number of piperidine rings is 2. The smallest absolute Gasteiger partial charge is 0.246 e. The standard InChI is InChI=1S/C23H32N4O3S/c1-17-9-13-25(14-10-17)23(28)20-11-15-26(16-12-20)31(29,30)22-18(2)24-27(19(22)3)21-7-5-4-6-8-21/h4-8,17,20H,9-16H2,1-3H3. The van der Waals surface area contributed by atoms with Crippen LogP contribution in [-0.2, 0) is 14.8 Å². The Morgan fingerprint density at radius 1 is 0.968 bits per heavy atom. The molecule has 31 heavy (non-hydrogen) atoms. The van der Waals surface area contributed by atoms with E-state index in [9.17, 15) is 13.2 Å². The lowest BCUT2D eigenvalue weighted by molar-refractivity contribution is -0.138. The van der Waals surface area contributed by atoms with Crippen LogP contribution in [0.2, 0.25) is 0 Å². The van der Waals surface area contributed by atoms with Crippen molar-refractivity contribution in [1.29, 1.82) is 0 Å². The molecule has 0 spiro atoms. The van der Waals surface area contributed by atoms with Gasteiger partial charge in [0, 0.05) is 32.1 Å².